The molecule has 2 atom stereocenters. The van der Waals surface area contributed by atoms with Gasteiger partial charge in [0.05, 0.1) is 11.8 Å². The Bertz CT molecular complexity index is 421. The third kappa shape index (κ3) is 1.73. The predicted octanol–water partition coefficient (Wildman–Crippen LogP) is -0.672. The number of ether oxygens (including phenoxy) is 1. The molecule has 86 valence electrons. The molecule has 6 heteroatoms. The van der Waals surface area contributed by atoms with Crippen LogP contribution in [0.1, 0.15) is 11.7 Å². The standard InChI is InChI=1S/C10H12N2O4/c11-4-7(13)5-2-1-3-6-8(5)16-10(15)9(14)12-6/h1-3,7,10,13,15H,4,11H2,(H,12,14). The number of amides is 1. The predicted molar refractivity (Wildman–Crippen MR) is 55.7 cm³/mol. The number of carbonyl (C=O) groups is 1. The summed E-state index contributed by atoms with van der Waals surface area (Å²) in [6, 6.07) is 4.90. The van der Waals surface area contributed by atoms with Gasteiger partial charge in [-0.1, -0.05) is 12.1 Å². The first kappa shape index (κ1) is 10.9. The zero-order valence-electron chi connectivity index (χ0n) is 8.38. The number of nitrogens with one attached hydrogen (secondary N) is 1. The number of carbonyl (C=O) groups excluding carboxylic acids is 1. The Balaban J connectivity index is 2.44. The van der Waals surface area contributed by atoms with Crippen molar-refractivity contribution in [2.24, 2.45) is 5.73 Å². The summed E-state index contributed by atoms with van der Waals surface area (Å²) < 4.78 is 5.03. The van der Waals surface area contributed by atoms with E-state index in [1.165, 1.54) is 0 Å². The average Bonchev–Trinajstić information content (AvgIpc) is 2.29. The van der Waals surface area contributed by atoms with E-state index in [9.17, 15) is 15.0 Å². The first-order valence-corrected chi connectivity index (χ1v) is 4.80. The number of benzene rings is 1. The summed E-state index contributed by atoms with van der Waals surface area (Å²) in [5.41, 5.74) is 6.20. The Morgan fingerprint density at radius 2 is 2.31 bits per heavy atom. The van der Waals surface area contributed by atoms with Gasteiger partial charge in [0.15, 0.2) is 5.75 Å². The minimum atomic E-state index is -1.56. The molecule has 0 fully saturated rings. The maximum absolute atomic E-state index is 11.1. The van der Waals surface area contributed by atoms with Crippen molar-refractivity contribution in [3.63, 3.8) is 0 Å². The highest BCUT2D eigenvalue weighted by Gasteiger charge is 2.28. The number of aliphatic hydroxyl groups is 2. The summed E-state index contributed by atoms with van der Waals surface area (Å²) >= 11 is 0. The molecule has 1 aromatic rings. The summed E-state index contributed by atoms with van der Waals surface area (Å²) in [5, 5.41) is 21.4. The summed E-state index contributed by atoms with van der Waals surface area (Å²) in [6.45, 7) is 0.0316. The van der Waals surface area contributed by atoms with Crippen LogP contribution >= 0.6 is 0 Å². The molecule has 0 radical (unpaired) electrons. The molecule has 1 heterocycles. The molecule has 0 aromatic heterocycles. The highest BCUT2D eigenvalue weighted by Crippen LogP contribution is 2.35. The lowest BCUT2D eigenvalue weighted by atomic mass is 10.1. The van der Waals surface area contributed by atoms with Gasteiger partial charge in [-0.15, -0.1) is 0 Å². The third-order valence-corrected chi connectivity index (χ3v) is 2.34. The Morgan fingerprint density at radius 1 is 1.56 bits per heavy atom. The number of para-hydroxylation sites is 1. The molecular weight excluding hydrogens is 212 g/mol. The van der Waals surface area contributed by atoms with Gasteiger partial charge >= 0.3 is 0 Å². The number of hydrogen-bond donors (Lipinski definition) is 4. The minimum Gasteiger partial charge on any atom is -0.453 e. The van der Waals surface area contributed by atoms with E-state index in [0.717, 1.165) is 0 Å². The second kappa shape index (κ2) is 4.09. The van der Waals surface area contributed by atoms with Crippen molar-refractivity contribution < 1.29 is 19.7 Å². The molecule has 1 aliphatic rings. The van der Waals surface area contributed by atoms with Gasteiger partial charge in [0, 0.05) is 12.1 Å². The van der Waals surface area contributed by atoms with Crippen LogP contribution in [0.3, 0.4) is 0 Å². The van der Waals surface area contributed by atoms with Crippen LogP contribution in [-0.4, -0.2) is 29.0 Å². The number of aliphatic hydroxyl groups excluding tert-OH is 2. The van der Waals surface area contributed by atoms with Crippen molar-refractivity contribution in [3.05, 3.63) is 23.8 Å². The fourth-order valence-corrected chi connectivity index (χ4v) is 1.53. The maximum Gasteiger partial charge on any atom is 0.293 e. The summed E-state index contributed by atoms with van der Waals surface area (Å²) in [6.07, 6.45) is -2.45. The molecule has 1 aliphatic heterocycles. The third-order valence-electron chi connectivity index (χ3n) is 2.34. The summed E-state index contributed by atoms with van der Waals surface area (Å²) in [4.78, 5) is 11.1. The highest BCUT2D eigenvalue weighted by molar-refractivity contribution is 5.97. The number of nitrogens with two attached hydrogens (primary N) is 1. The minimum absolute atomic E-state index is 0.0316. The van der Waals surface area contributed by atoms with Crippen LogP contribution in [-0.2, 0) is 4.79 Å². The monoisotopic (exact) mass is 224 g/mol. The van der Waals surface area contributed by atoms with Crippen LogP contribution in [0.5, 0.6) is 5.75 Å². The van der Waals surface area contributed by atoms with Crippen molar-refractivity contribution in [2.75, 3.05) is 11.9 Å². The van der Waals surface area contributed by atoms with Gasteiger partial charge in [-0.25, -0.2) is 0 Å². The van der Waals surface area contributed by atoms with E-state index in [0.29, 0.717) is 11.3 Å². The molecule has 0 bridgehead atoms. The molecule has 1 amide bonds. The maximum atomic E-state index is 11.1. The Labute approximate surface area is 91.6 Å². The fraction of sp³-hybridized carbons (Fsp3) is 0.300. The van der Waals surface area contributed by atoms with Gasteiger partial charge in [-0.3, -0.25) is 4.79 Å². The van der Waals surface area contributed by atoms with Crippen molar-refractivity contribution >= 4 is 11.6 Å². The van der Waals surface area contributed by atoms with Gasteiger partial charge in [0.1, 0.15) is 0 Å². The zero-order valence-corrected chi connectivity index (χ0v) is 8.38. The first-order valence-electron chi connectivity index (χ1n) is 4.80. The average molecular weight is 224 g/mol. The zero-order chi connectivity index (χ0) is 11.7. The van der Waals surface area contributed by atoms with Crippen molar-refractivity contribution in [1.82, 2.24) is 0 Å². The van der Waals surface area contributed by atoms with Crippen LogP contribution in [0.15, 0.2) is 18.2 Å². The second-order valence-electron chi connectivity index (χ2n) is 3.43. The first-order chi connectivity index (χ1) is 7.63. The van der Waals surface area contributed by atoms with E-state index in [4.69, 9.17) is 10.5 Å². The van der Waals surface area contributed by atoms with Gasteiger partial charge in [0.2, 0.25) is 0 Å². The van der Waals surface area contributed by atoms with E-state index in [1.54, 1.807) is 18.2 Å². The highest BCUT2D eigenvalue weighted by atomic mass is 16.6. The molecule has 5 N–H and O–H groups in total. The smallest absolute Gasteiger partial charge is 0.293 e. The van der Waals surface area contributed by atoms with Gasteiger partial charge in [0.25, 0.3) is 12.2 Å². The number of hydrogen-bond acceptors (Lipinski definition) is 5. The van der Waals surface area contributed by atoms with E-state index in [2.05, 4.69) is 5.32 Å². The molecule has 2 rings (SSSR count). The fourth-order valence-electron chi connectivity index (χ4n) is 1.53. The van der Waals surface area contributed by atoms with Crippen LogP contribution in [0, 0.1) is 0 Å². The van der Waals surface area contributed by atoms with Crippen LogP contribution in [0.4, 0.5) is 5.69 Å². The molecule has 1 aromatic carbocycles. The summed E-state index contributed by atoms with van der Waals surface area (Å²) in [7, 11) is 0. The normalized spacial score (nSPS) is 20.7. The van der Waals surface area contributed by atoms with E-state index in [1.807, 2.05) is 0 Å². The molecule has 0 saturated heterocycles. The van der Waals surface area contributed by atoms with Gasteiger partial charge < -0.3 is 26.0 Å². The SMILES string of the molecule is NCC(O)c1cccc2c1OC(O)C(=O)N2. The van der Waals surface area contributed by atoms with Crippen molar-refractivity contribution in [2.45, 2.75) is 12.4 Å². The van der Waals surface area contributed by atoms with E-state index < -0.39 is 18.3 Å². The molecule has 0 spiro atoms. The topological polar surface area (TPSA) is 105 Å². The molecule has 0 saturated carbocycles. The quantitative estimate of drug-likeness (QED) is 0.533. The number of rotatable bonds is 2. The van der Waals surface area contributed by atoms with Crippen molar-refractivity contribution in [1.29, 1.82) is 0 Å². The molecule has 2 unspecified atom stereocenters. The van der Waals surface area contributed by atoms with E-state index >= 15 is 0 Å². The number of fused-ring (bicyclic) bond motifs is 1. The largest absolute Gasteiger partial charge is 0.453 e. The second-order valence-corrected chi connectivity index (χ2v) is 3.43. The number of anilines is 1. The Morgan fingerprint density at radius 3 is 3.00 bits per heavy atom. The van der Waals surface area contributed by atoms with Crippen LogP contribution in [0.25, 0.3) is 0 Å². The lowest BCUT2D eigenvalue weighted by Crippen LogP contribution is -2.37. The lowest BCUT2D eigenvalue weighted by molar-refractivity contribution is -0.139. The molecule has 0 aliphatic carbocycles. The molecule has 6 nitrogen and oxygen atoms in total. The lowest BCUT2D eigenvalue weighted by Gasteiger charge is -2.25. The van der Waals surface area contributed by atoms with E-state index in [-0.39, 0.29) is 12.3 Å². The summed E-state index contributed by atoms with van der Waals surface area (Å²) in [5.74, 6) is -0.376. The van der Waals surface area contributed by atoms with Gasteiger partial charge in [-0.2, -0.15) is 0 Å². The molecule has 16 heavy (non-hydrogen) atoms. The van der Waals surface area contributed by atoms with Crippen LogP contribution in [0.2, 0.25) is 0 Å². The van der Waals surface area contributed by atoms with Gasteiger partial charge in [-0.05, 0) is 6.07 Å². The Kier molecular flexibility index (Phi) is 2.78. The molecular formula is C10H12N2O4. The van der Waals surface area contributed by atoms with Crippen LogP contribution < -0.4 is 15.8 Å². The Hall–Kier alpha value is -1.63. The van der Waals surface area contributed by atoms with Crippen molar-refractivity contribution in [3.8, 4) is 5.75 Å².